The average molecular weight is 315 g/mol. The number of nitrogens with zero attached hydrogens (tertiary/aromatic N) is 1. The molecular weight excluding hydrogens is 282 g/mol. The molecule has 0 saturated carbocycles. The summed E-state index contributed by atoms with van der Waals surface area (Å²) in [5, 5.41) is 0. The number of hydrogen-bond acceptors (Lipinski definition) is 5. The van der Waals surface area contributed by atoms with Crippen molar-refractivity contribution in [3.05, 3.63) is 0 Å². The molecule has 0 aliphatic heterocycles. The molecule has 22 heavy (non-hydrogen) atoms. The van der Waals surface area contributed by atoms with E-state index < -0.39 is 18.0 Å². The number of carbonyl (C=O) groups is 2. The summed E-state index contributed by atoms with van der Waals surface area (Å²) in [5.74, 6) is -0.953. The molecule has 0 rings (SSSR count). The van der Waals surface area contributed by atoms with Crippen LogP contribution in [0.5, 0.6) is 0 Å². The smallest absolute Gasteiger partial charge is 0.335 e. The number of hydrogen-bond donors (Lipinski definition) is 0. The Bertz CT molecular complexity index is 279. The lowest BCUT2D eigenvalue weighted by molar-refractivity contribution is -0.164. The maximum atomic E-state index is 12.3. The Hall–Kier alpha value is -1.10. The van der Waals surface area contributed by atoms with Crippen molar-refractivity contribution in [2.75, 3.05) is 26.3 Å². The maximum Gasteiger partial charge on any atom is 0.335 e. The van der Waals surface area contributed by atoms with Crippen LogP contribution < -0.4 is 0 Å². The molecule has 0 unspecified atom stereocenters. The Balaban J connectivity index is 4.99. The van der Waals surface area contributed by atoms with Crippen molar-refractivity contribution in [3.63, 3.8) is 0 Å². The molecule has 0 aromatic carbocycles. The van der Waals surface area contributed by atoms with Crippen LogP contribution in [0.1, 0.15) is 66.2 Å². The first kappa shape index (κ1) is 20.9. The zero-order valence-electron chi connectivity index (χ0n) is 14.7. The van der Waals surface area contributed by atoms with Crippen molar-refractivity contribution in [1.82, 2.24) is 4.90 Å². The standard InChI is InChI=1S/C17H33NO4/c1-5-9-11-18(12-10-6-2)15(16(19)21-13-7-3)17(20)22-14-8-4/h15H,5-14H2,1-4H3. The summed E-state index contributed by atoms with van der Waals surface area (Å²) in [7, 11) is 0. The molecule has 0 N–H and O–H groups in total. The second-order valence-electron chi connectivity index (χ2n) is 5.48. The van der Waals surface area contributed by atoms with E-state index >= 15 is 0 Å². The van der Waals surface area contributed by atoms with Crippen molar-refractivity contribution >= 4 is 11.9 Å². The summed E-state index contributed by atoms with van der Waals surface area (Å²) < 4.78 is 10.4. The van der Waals surface area contributed by atoms with Gasteiger partial charge in [-0.05, 0) is 38.8 Å². The van der Waals surface area contributed by atoms with E-state index in [1.54, 1.807) is 0 Å². The third-order valence-electron chi connectivity index (χ3n) is 3.31. The second-order valence-corrected chi connectivity index (χ2v) is 5.48. The van der Waals surface area contributed by atoms with Crippen molar-refractivity contribution in [3.8, 4) is 0 Å². The van der Waals surface area contributed by atoms with Crippen LogP contribution in [0.2, 0.25) is 0 Å². The molecule has 0 aliphatic carbocycles. The van der Waals surface area contributed by atoms with Crippen molar-refractivity contribution in [1.29, 1.82) is 0 Å². The molecule has 0 amide bonds. The molecule has 0 aromatic rings. The van der Waals surface area contributed by atoms with E-state index in [1.807, 2.05) is 18.7 Å². The quantitative estimate of drug-likeness (QED) is 0.386. The van der Waals surface area contributed by atoms with Crippen LogP contribution in [0.4, 0.5) is 0 Å². The molecule has 0 heterocycles. The molecule has 0 bridgehead atoms. The molecule has 0 atom stereocenters. The van der Waals surface area contributed by atoms with Crippen LogP contribution in [0.25, 0.3) is 0 Å². The minimum Gasteiger partial charge on any atom is -0.464 e. The van der Waals surface area contributed by atoms with Gasteiger partial charge in [-0.3, -0.25) is 4.90 Å². The van der Waals surface area contributed by atoms with Gasteiger partial charge in [0.2, 0.25) is 6.04 Å². The molecule has 0 fully saturated rings. The molecule has 5 heteroatoms. The van der Waals surface area contributed by atoms with Crippen LogP contribution in [0.3, 0.4) is 0 Å². The van der Waals surface area contributed by atoms with Gasteiger partial charge in [-0.25, -0.2) is 9.59 Å². The van der Waals surface area contributed by atoms with Gasteiger partial charge in [-0.2, -0.15) is 0 Å². The highest BCUT2D eigenvalue weighted by atomic mass is 16.6. The second kappa shape index (κ2) is 13.6. The summed E-state index contributed by atoms with van der Waals surface area (Å²) >= 11 is 0. The fourth-order valence-corrected chi connectivity index (χ4v) is 2.05. The SMILES string of the molecule is CCCCN(CCCC)C(C(=O)OCCC)C(=O)OCCC. The fourth-order valence-electron chi connectivity index (χ4n) is 2.05. The molecule has 0 aromatic heterocycles. The molecule has 0 radical (unpaired) electrons. The Morgan fingerprint density at radius 2 is 1.18 bits per heavy atom. The Kier molecular flexibility index (Phi) is 12.9. The lowest BCUT2D eigenvalue weighted by atomic mass is 10.2. The molecule has 0 spiro atoms. The summed E-state index contributed by atoms with van der Waals surface area (Å²) in [5.41, 5.74) is 0. The topological polar surface area (TPSA) is 55.8 Å². The summed E-state index contributed by atoms with van der Waals surface area (Å²) in [6.45, 7) is 10.2. The number of esters is 2. The van der Waals surface area contributed by atoms with Gasteiger partial charge in [0.15, 0.2) is 0 Å². The number of carbonyl (C=O) groups excluding carboxylic acids is 2. The predicted molar refractivity (Wildman–Crippen MR) is 87.7 cm³/mol. The van der Waals surface area contributed by atoms with Crippen LogP contribution in [0.15, 0.2) is 0 Å². The molecular formula is C17H33NO4. The van der Waals surface area contributed by atoms with E-state index in [-0.39, 0.29) is 0 Å². The maximum absolute atomic E-state index is 12.3. The highest BCUT2D eigenvalue weighted by Gasteiger charge is 2.35. The van der Waals surface area contributed by atoms with E-state index in [0.717, 1.165) is 38.5 Å². The number of rotatable bonds is 13. The Morgan fingerprint density at radius 3 is 1.50 bits per heavy atom. The third kappa shape index (κ3) is 8.37. The highest BCUT2D eigenvalue weighted by Crippen LogP contribution is 2.10. The summed E-state index contributed by atoms with van der Waals surface area (Å²) in [6, 6.07) is -0.920. The van der Waals surface area contributed by atoms with E-state index in [4.69, 9.17) is 9.47 Å². The largest absolute Gasteiger partial charge is 0.464 e. The number of unbranched alkanes of at least 4 members (excludes halogenated alkanes) is 2. The normalized spacial score (nSPS) is 11.0. The molecule has 5 nitrogen and oxygen atoms in total. The first-order valence-electron chi connectivity index (χ1n) is 8.69. The van der Waals surface area contributed by atoms with E-state index in [0.29, 0.717) is 26.3 Å². The Morgan fingerprint density at radius 1 is 0.773 bits per heavy atom. The molecule has 0 saturated heterocycles. The van der Waals surface area contributed by atoms with Crippen LogP contribution >= 0.6 is 0 Å². The monoisotopic (exact) mass is 315 g/mol. The van der Waals surface area contributed by atoms with Crippen LogP contribution in [0, 0.1) is 0 Å². The minimum absolute atomic E-state index is 0.339. The lowest BCUT2D eigenvalue weighted by Gasteiger charge is -2.28. The average Bonchev–Trinajstić information content (AvgIpc) is 2.52. The van der Waals surface area contributed by atoms with Crippen molar-refractivity contribution in [2.45, 2.75) is 72.3 Å². The van der Waals surface area contributed by atoms with Gasteiger partial charge in [-0.15, -0.1) is 0 Å². The van der Waals surface area contributed by atoms with Gasteiger partial charge < -0.3 is 9.47 Å². The summed E-state index contributed by atoms with van der Waals surface area (Å²) in [6.07, 6.45) is 5.41. The van der Waals surface area contributed by atoms with E-state index in [1.165, 1.54) is 0 Å². The fraction of sp³-hybridized carbons (Fsp3) is 0.882. The van der Waals surface area contributed by atoms with E-state index in [2.05, 4.69) is 13.8 Å². The van der Waals surface area contributed by atoms with Crippen LogP contribution in [-0.2, 0) is 19.1 Å². The first-order valence-corrected chi connectivity index (χ1v) is 8.69. The first-order chi connectivity index (χ1) is 10.6. The highest BCUT2D eigenvalue weighted by molar-refractivity contribution is 5.99. The van der Waals surface area contributed by atoms with Gasteiger partial charge in [0.1, 0.15) is 0 Å². The zero-order chi connectivity index (χ0) is 16.8. The summed E-state index contributed by atoms with van der Waals surface area (Å²) in [4.78, 5) is 26.5. The molecule has 130 valence electrons. The zero-order valence-corrected chi connectivity index (χ0v) is 14.7. The minimum atomic E-state index is -0.920. The van der Waals surface area contributed by atoms with Crippen LogP contribution in [-0.4, -0.2) is 49.2 Å². The molecule has 0 aliphatic rings. The van der Waals surface area contributed by atoms with Gasteiger partial charge in [0.25, 0.3) is 0 Å². The van der Waals surface area contributed by atoms with Crippen molar-refractivity contribution < 1.29 is 19.1 Å². The van der Waals surface area contributed by atoms with Gasteiger partial charge >= 0.3 is 11.9 Å². The van der Waals surface area contributed by atoms with Gasteiger partial charge in [-0.1, -0.05) is 40.5 Å². The Labute approximate surface area is 135 Å². The van der Waals surface area contributed by atoms with Gasteiger partial charge in [0.05, 0.1) is 13.2 Å². The van der Waals surface area contributed by atoms with Gasteiger partial charge in [0, 0.05) is 0 Å². The van der Waals surface area contributed by atoms with Crippen molar-refractivity contribution in [2.24, 2.45) is 0 Å². The van der Waals surface area contributed by atoms with E-state index in [9.17, 15) is 9.59 Å². The number of ether oxygens (including phenoxy) is 2. The predicted octanol–water partition coefficient (Wildman–Crippen LogP) is 3.16. The lowest BCUT2D eigenvalue weighted by Crippen LogP contribution is -2.49. The third-order valence-corrected chi connectivity index (χ3v) is 3.31.